The van der Waals surface area contributed by atoms with Crippen molar-refractivity contribution in [2.45, 2.75) is 6.92 Å². The van der Waals surface area contributed by atoms with Gasteiger partial charge in [-0.05, 0) is 90.3 Å². The van der Waals surface area contributed by atoms with E-state index in [4.69, 9.17) is 5.79 Å². The molecule has 0 atom stereocenters. The van der Waals surface area contributed by atoms with Crippen molar-refractivity contribution in [2.75, 3.05) is 0 Å². The summed E-state index contributed by atoms with van der Waals surface area (Å²) in [5, 5.41) is 9.41. The van der Waals surface area contributed by atoms with Gasteiger partial charge in [-0.2, -0.15) is 0 Å². The number of fused-ring (bicyclic) bond motifs is 6. The molecule has 1 nitrogen and oxygen atoms in total. The fraction of sp³-hybridized carbons (Fsp3) is 0.0233. The Morgan fingerprint density at radius 1 is 0.477 bits per heavy atom. The van der Waals surface area contributed by atoms with Crippen LogP contribution >= 0.6 is 0 Å². The lowest BCUT2D eigenvalue weighted by atomic mass is 9.83. The van der Waals surface area contributed by atoms with Gasteiger partial charge in [0.15, 0.2) is 0 Å². The molecule has 0 bridgehead atoms. The van der Waals surface area contributed by atoms with Gasteiger partial charge in [-0.1, -0.05) is 140 Å². The molecule has 0 aliphatic rings. The second kappa shape index (κ2) is 9.69. The van der Waals surface area contributed by atoms with Crippen LogP contribution in [0.2, 0.25) is 0 Å². The fourth-order valence-electron chi connectivity index (χ4n) is 7.15. The minimum atomic E-state index is 0.530. The summed E-state index contributed by atoms with van der Waals surface area (Å²) in [6.45, 7) is 2.11. The molecule has 9 rings (SSSR count). The summed E-state index contributed by atoms with van der Waals surface area (Å²) in [7, 11) is 0. The molecular formula is C43H28O. The van der Waals surface area contributed by atoms with E-state index in [-0.39, 0.29) is 0 Å². The van der Waals surface area contributed by atoms with E-state index in [0.717, 1.165) is 43.8 Å². The van der Waals surface area contributed by atoms with Gasteiger partial charge in [-0.3, -0.25) is 0 Å². The number of hydrogen-bond donors (Lipinski definition) is 0. The van der Waals surface area contributed by atoms with Crippen LogP contribution in [-0.2, 0) is 0 Å². The maximum Gasteiger partial charge on any atom is 0.138 e. The average molecular weight is 562 g/mol. The molecule has 44 heavy (non-hydrogen) atoms. The predicted octanol–water partition coefficient (Wildman–Crippen LogP) is 12.4. The molecule has 1 heteroatoms. The van der Waals surface area contributed by atoms with E-state index in [1.807, 2.05) is 18.2 Å². The molecule has 8 aromatic carbocycles. The molecule has 0 unspecified atom stereocenters. The number of benzene rings is 8. The highest BCUT2D eigenvalue weighted by Crippen LogP contribution is 2.48. The van der Waals surface area contributed by atoms with Crippen LogP contribution in [0.1, 0.15) is 6.93 Å². The van der Waals surface area contributed by atoms with E-state index in [1.54, 1.807) is 0 Å². The Labute approximate surface area is 257 Å². The van der Waals surface area contributed by atoms with Crippen molar-refractivity contribution in [3.8, 4) is 33.4 Å². The Kier molecular flexibility index (Phi) is 5.25. The van der Waals surface area contributed by atoms with Crippen molar-refractivity contribution in [3.63, 3.8) is 0 Å². The van der Waals surface area contributed by atoms with Crippen molar-refractivity contribution in [2.24, 2.45) is 0 Å². The average Bonchev–Trinajstić information content (AvgIpc) is 3.47. The van der Waals surface area contributed by atoms with E-state index in [1.165, 1.54) is 49.4 Å². The third-order valence-electron chi connectivity index (χ3n) is 9.11. The molecule has 0 aliphatic carbocycles. The quantitative estimate of drug-likeness (QED) is 0.196. The first-order chi connectivity index (χ1) is 22.2. The summed E-state index contributed by atoms with van der Waals surface area (Å²) >= 11 is 0. The largest absolute Gasteiger partial charge is 0.456 e. The van der Waals surface area contributed by atoms with E-state index in [2.05, 4.69) is 134 Å². The van der Waals surface area contributed by atoms with E-state index in [9.17, 15) is 0 Å². The zero-order valence-electron chi connectivity index (χ0n) is 25.3. The number of hydrogen-bond acceptors (Lipinski definition) is 1. The summed E-state index contributed by atoms with van der Waals surface area (Å²) in [4.78, 5) is 0. The summed E-state index contributed by atoms with van der Waals surface area (Å²) in [5.74, 6) is 0. The summed E-state index contributed by atoms with van der Waals surface area (Å²) in [6, 6.07) is 52.2. The normalized spacial score (nSPS) is 12.1. The number of aryl methyl sites for hydroxylation is 1. The fourth-order valence-corrected chi connectivity index (χ4v) is 7.15. The van der Waals surface area contributed by atoms with Gasteiger partial charge in [0.05, 0.1) is 1.37 Å². The van der Waals surface area contributed by atoms with Gasteiger partial charge in [0.1, 0.15) is 11.2 Å². The lowest BCUT2D eigenvalue weighted by Crippen LogP contribution is -1.93. The first-order valence-electron chi connectivity index (χ1n) is 15.6. The number of para-hydroxylation sites is 1. The third-order valence-corrected chi connectivity index (χ3v) is 9.11. The van der Waals surface area contributed by atoms with E-state index in [0.29, 0.717) is 6.04 Å². The van der Waals surface area contributed by atoms with Crippen LogP contribution in [-0.4, -0.2) is 0 Å². The maximum absolute atomic E-state index is 8.05. The van der Waals surface area contributed by atoms with Crippen LogP contribution in [0.5, 0.6) is 0 Å². The Morgan fingerprint density at radius 2 is 1.09 bits per heavy atom. The molecule has 206 valence electrons. The van der Waals surface area contributed by atoms with Crippen LogP contribution in [0, 0.1) is 6.92 Å². The third kappa shape index (κ3) is 3.66. The number of rotatable bonds is 3. The SMILES string of the molecule is [2H]c1ccc2cc(-c3ccccc3-c3c4ccccc4c(-c4cccc5oc6c(C)cccc6c45)c4ccccc34)ccc2c1. The summed E-state index contributed by atoms with van der Waals surface area (Å²) < 4.78 is 14.5. The smallest absolute Gasteiger partial charge is 0.138 e. The van der Waals surface area contributed by atoms with E-state index < -0.39 is 0 Å². The lowest BCUT2D eigenvalue weighted by molar-refractivity contribution is 0.666. The zero-order chi connectivity index (χ0) is 30.1. The molecule has 0 saturated heterocycles. The molecule has 9 aromatic rings. The van der Waals surface area contributed by atoms with Gasteiger partial charge < -0.3 is 4.42 Å². The monoisotopic (exact) mass is 561 g/mol. The van der Waals surface area contributed by atoms with Gasteiger partial charge in [-0.15, -0.1) is 0 Å². The molecule has 1 heterocycles. The molecule has 0 spiro atoms. The molecule has 0 fully saturated rings. The van der Waals surface area contributed by atoms with Crippen LogP contribution in [0.3, 0.4) is 0 Å². The van der Waals surface area contributed by atoms with Crippen LogP contribution < -0.4 is 0 Å². The molecule has 0 saturated carbocycles. The minimum Gasteiger partial charge on any atom is -0.456 e. The standard InChI is InChI=1S/C43H28O/c1-27-12-10-22-38-42-37(21-11-23-39(42)44-43(27)38)41-35-19-8-6-17-33(35)40(34-18-7-9-20-36(34)41)32-16-5-4-15-31(32)30-25-24-28-13-2-3-14-29(28)26-30/h2-26H,1H3/i2D. The Morgan fingerprint density at radius 3 is 1.84 bits per heavy atom. The molecule has 1 aromatic heterocycles. The lowest BCUT2D eigenvalue weighted by Gasteiger charge is -2.20. The highest BCUT2D eigenvalue weighted by atomic mass is 16.3. The zero-order valence-corrected chi connectivity index (χ0v) is 24.3. The van der Waals surface area contributed by atoms with Crippen LogP contribution in [0.15, 0.2) is 156 Å². The molecule has 0 aliphatic heterocycles. The van der Waals surface area contributed by atoms with Gasteiger partial charge >= 0.3 is 0 Å². The minimum absolute atomic E-state index is 0.530. The van der Waals surface area contributed by atoms with Crippen LogP contribution in [0.4, 0.5) is 0 Å². The maximum atomic E-state index is 8.05. The highest BCUT2D eigenvalue weighted by Gasteiger charge is 2.21. The second-order valence-electron chi connectivity index (χ2n) is 11.6. The molecule has 0 N–H and O–H groups in total. The summed E-state index contributed by atoms with van der Waals surface area (Å²) in [5.41, 5.74) is 10.2. The van der Waals surface area contributed by atoms with Gasteiger partial charge in [0, 0.05) is 10.8 Å². The van der Waals surface area contributed by atoms with Crippen LogP contribution in [0.25, 0.3) is 87.6 Å². The molecular weight excluding hydrogens is 532 g/mol. The van der Waals surface area contributed by atoms with Gasteiger partial charge in [0.25, 0.3) is 0 Å². The number of furan rings is 1. The van der Waals surface area contributed by atoms with Crippen molar-refractivity contribution in [3.05, 3.63) is 157 Å². The van der Waals surface area contributed by atoms with Crippen molar-refractivity contribution in [1.29, 1.82) is 0 Å². The first kappa shape index (κ1) is 23.9. The van der Waals surface area contributed by atoms with Gasteiger partial charge in [0.2, 0.25) is 0 Å². The Bertz CT molecular complexity index is 2570. The Balaban J connectivity index is 1.38. The molecule has 0 radical (unpaired) electrons. The summed E-state index contributed by atoms with van der Waals surface area (Å²) in [6.07, 6.45) is 0. The van der Waals surface area contributed by atoms with Gasteiger partial charge in [-0.25, -0.2) is 0 Å². The predicted molar refractivity (Wildman–Crippen MR) is 187 cm³/mol. The van der Waals surface area contributed by atoms with E-state index >= 15 is 0 Å². The first-order valence-corrected chi connectivity index (χ1v) is 15.1. The topological polar surface area (TPSA) is 13.1 Å². The highest BCUT2D eigenvalue weighted by molar-refractivity contribution is 6.26. The van der Waals surface area contributed by atoms with Crippen molar-refractivity contribution in [1.82, 2.24) is 0 Å². The second-order valence-corrected chi connectivity index (χ2v) is 11.6. The van der Waals surface area contributed by atoms with Crippen molar-refractivity contribution < 1.29 is 5.79 Å². The molecule has 0 amide bonds. The Hall–Kier alpha value is -5.66. The van der Waals surface area contributed by atoms with Crippen molar-refractivity contribution >= 4 is 54.3 Å².